The number of rotatable bonds is 8. The molecule has 8 heteroatoms. The summed E-state index contributed by atoms with van der Waals surface area (Å²) in [7, 11) is 3.30. The average Bonchev–Trinajstić information content (AvgIpc) is 3.03. The molecular weight excluding hydrogens is 322 g/mol. The molecule has 0 aliphatic carbocycles. The Labute approximate surface area is 139 Å². The second kappa shape index (κ2) is 10.3. The number of nitrogens with one attached hydrogen (secondary N) is 2. The van der Waals surface area contributed by atoms with Gasteiger partial charge in [-0.25, -0.2) is 0 Å². The van der Waals surface area contributed by atoms with E-state index in [1.54, 1.807) is 20.2 Å². The van der Waals surface area contributed by atoms with E-state index in [0.717, 1.165) is 6.42 Å². The van der Waals surface area contributed by atoms with E-state index in [9.17, 15) is 9.59 Å². The minimum absolute atomic E-state index is 0.0203. The fourth-order valence-corrected chi connectivity index (χ4v) is 2.45. The van der Waals surface area contributed by atoms with Crippen molar-refractivity contribution in [1.29, 1.82) is 0 Å². The van der Waals surface area contributed by atoms with Crippen molar-refractivity contribution < 1.29 is 14.3 Å². The van der Waals surface area contributed by atoms with Gasteiger partial charge in [-0.3, -0.25) is 20.0 Å². The molecular formula is C14H21N3O3S2. The summed E-state index contributed by atoms with van der Waals surface area (Å²) in [6.07, 6.45) is 1.15. The topological polar surface area (TPSA) is 70.7 Å². The van der Waals surface area contributed by atoms with Crippen molar-refractivity contribution >= 4 is 40.4 Å². The molecule has 0 aliphatic heterocycles. The van der Waals surface area contributed by atoms with E-state index in [1.165, 1.54) is 16.3 Å². The van der Waals surface area contributed by atoms with Crippen molar-refractivity contribution in [3.8, 4) is 0 Å². The van der Waals surface area contributed by atoms with E-state index in [4.69, 9.17) is 17.0 Å². The van der Waals surface area contributed by atoms with Crippen LogP contribution in [0, 0.1) is 0 Å². The van der Waals surface area contributed by atoms with Gasteiger partial charge in [0.1, 0.15) is 0 Å². The van der Waals surface area contributed by atoms with Crippen LogP contribution in [0.4, 0.5) is 0 Å². The van der Waals surface area contributed by atoms with Crippen molar-refractivity contribution in [2.75, 3.05) is 27.3 Å². The van der Waals surface area contributed by atoms with Gasteiger partial charge in [-0.05, 0) is 30.1 Å². The molecule has 1 amide bonds. The van der Waals surface area contributed by atoms with Crippen LogP contribution in [0.1, 0.15) is 28.9 Å². The summed E-state index contributed by atoms with van der Waals surface area (Å²) in [5.74, 6) is -0.262. The van der Waals surface area contributed by atoms with E-state index >= 15 is 0 Å². The minimum atomic E-state index is -0.242. The largest absolute Gasteiger partial charge is 0.385 e. The maximum atomic E-state index is 11.8. The van der Waals surface area contributed by atoms with Crippen LogP contribution in [0.3, 0.4) is 0 Å². The van der Waals surface area contributed by atoms with Crippen molar-refractivity contribution in [3.63, 3.8) is 0 Å². The molecule has 2 N–H and O–H groups in total. The SMILES string of the molecule is COCCCNC(=S)N(C)NC(=O)CCC(=O)c1cccs1. The smallest absolute Gasteiger partial charge is 0.239 e. The van der Waals surface area contributed by atoms with E-state index in [-0.39, 0.29) is 24.5 Å². The summed E-state index contributed by atoms with van der Waals surface area (Å²) in [5, 5.41) is 6.72. The fourth-order valence-electron chi connectivity index (χ4n) is 1.61. The maximum Gasteiger partial charge on any atom is 0.239 e. The Morgan fingerprint density at radius 1 is 1.41 bits per heavy atom. The van der Waals surface area contributed by atoms with Gasteiger partial charge in [-0.15, -0.1) is 11.3 Å². The zero-order valence-electron chi connectivity index (χ0n) is 12.8. The summed E-state index contributed by atoms with van der Waals surface area (Å²) in [6.45, 7) is 1.32. The van der Waals surface area contributed by atoms with Gasteiger partial charge in [-0.1, -0.05) is 6.07 Å². The molecule has 0 atom stereocenters. The monoisotopic (exact) mass is 343 g/mol. The quantitative estimate of drug-likeness (QED) is 0.323. The molecule has 22 heavy (non-hydrogen) atoms. The minimum Gasteiger partial charge on any atom is -0.385 e. The summed E-state index contributed by atoms with van der Waals surface area (Å²) >= 11 is 6.52. The number of carbonyl (C=O) groups excluding carboxylic acids is 2. The van der Waals surface area contributed by atoms with Gasteiger partial charge < -0.3 is 10.1 Å². The molecule has 1 aromatic rings. The molecule has 1 rings (SSSR count). The molecule has 0 aliphatic rings. The lowest BCUT2D eigenvalue weighted by atomic mass is 10.2. The number of hydrogen-bond donors (Lipinski definition) is 2. The lowest BCUT2D eigenvalue weighted by Gasteiger charge is -2.21. The summed E-state index contributed by atoms with van der Waals surface area (Å²) in [5.41, 5.74) is 2.63. The lowest BCUT2D eigenvalue weighted by Crippen LogP contribution is -2.48. The number of amides is 1. The number of carbonyl (C=O) groups is 2. The summed E-state index contributed by atoms with van der Waals surface area (Å²) in [4.78, 5) is 24.3. The van der Waals surface area contributed by atoms with E-state index < -0.39 is 0 Å². The highest BCUT2D eigenvalue weighted by Gasteiger charge is 2.12. The number of nitrogens with zero attached hydrogens (tertiary/aromatic N) is 1. The van der Waals surface area contributed by atoms with Crippen molar-refractivity contribution in [3.05, 3.63) is 22.4 Å². The van der Waals surface area contributed by atoms with Crippen LogP contribution in [-0.2, 0) is 9.53 Å². The van der Waals surface area contributed by atoms with Crippen LogP contribution in [0.2, 0.25) is 0 Å². The summed E-state index contributed by atoms with van der Waals surface area (Å²) in [6, 6.07) is 3.58. The first-order valence-corrected chi connectivity index (χ1v) is 8.20. The van der Waals surface area contributed by atoms with Crippen molar-refractivity contribution in [1.82, 2.24) is 15.8 Å². The molecule has 0 saturated carbocycles. The van der Waals surface area contributed by atoms with Crippen LogP contribution >= 0.6 is 23.6 Å². The predicted octanol–water partition coefficient (Wildman–Crippen LogP) is 1.58. The highest BCUT2D eigenvalue weighted by molar-refractivity contribution is 7.80. The molecule has 0 saturated heterocycles. The molecule has 1 aromatic heterocycles. The number of thiocarbonyl (C=S) groups is 1. The van der Waals surface area contributed by atoms with Gasteiger partial charge in [0.2, 0.25) is 5.91 Å². The van der Waals surface area contributed by atoms with E-state index in [0.29, 0.717) is 23.1 Å². The van der Waals surface area contributed by atoms with Crippen LogP contribution in [0.15, 0.2) is 17.5 Å². The highest BCUT2D eigenvalue weighted by atomic mass is 32.1. The normalized spacial score (nSPS) is 10.1. The van der Waals surface area contributed by atoms with Gasteiger partial charge >= 0.3 is 0 Å². The molecule has 122 valence electrons. The number of hydrazine groups is 1. The fraction of sp³-hybridized carbons (Fsp3) is 0.500. The number of thiophene rings is 1. The Morgan fingerprint density at radius 2 is 2.18 bits per heavy atom. The third kappa shape index (κ3) is 6.97. The molecule has 0 spiro atoms. The number of ketones is 1. The highest BCUT2D eigenvalue weighted by Crippen LogP contribution is 2.12. The number of ether oxygens (including phenoxy) is 1. The third-order valence-corrected chi connectivity index (χ3v) is 4.10. The van der Waals surface area contributed by atoms with Gasteiger partial charge in [-0.2, -0.15) is 0 Å². The Hall–Kier alpha value is -1.51. The first-order valence-electron chi connectivity index (χ1n) is 6.91. The molecule has 6 nitrogen and oxygen atoms in total. The standard InChI is InChI=1S/C14H21N3O3S2/c1-17(14(21)15-8-4-9-20-2)16-13(19)7-6-11(18)12-5-3-10-22-12/h3,5,10H,4,6-9H2,1-2H3,(H,15,21)(H,16,19). The van der Waals surface area contributed by atoms with Crippen LogP contribution in [0.5, 0.6) is 0 Å². The van der Waals surface area contributed by atoms with Crippen molar-refractivity contribution in [2.45, 2.75) is 19.3 Å². The zero-order valence-corrected chi connectivity index (χ0v) is 14.4. The van der Waals surface area contributed by atoms with Gasteiger partial charge in [0.25, 0.3) is 0 Å². The van der Waals surface area contributed by atoms with E-state index in [2.05, 4.69) is 10.7 Å². The zero-order chi connectivity index (χ0) is 16.4. The molecule has 0 fully saturated rings. The Morgan fingerprint density at radius 3 is 2.82 bits per heavy atom. The second-order valence-corrected chi connectivity index (χ2v) is 5.91. The first-order chi connectivity index (χ1) is 10.5. The van der Waals surface area contributed by atoms with Gasteiger partial charge in [0.15, 0.2) is 10.9 Å². The molecule has 0 radical (unpaired) electrons. The van der Waals surface area contributed by atoms with Gasteiger partial charge in [0.05, 0.1) is 4.88 Å². The number of hydrogen-bond acceptors (Lipinski definition) is 5. The van der Waals surface area contributed by atoms with E-state index in [1.807, 2.05) is 11.4 Å². The summed E-state index contributed by atoms with van der Waals surface area (Å²) < 4.78 is 4.94. The van der Waals surface area contributed by atoms with Crippen LogP contribution < -0.4 is 10.7 Å². The number of methoxy groups -OCH3 is 1. The predicted molar refractivity (Wildman–Crippen MR) is 90.9 cm³/mol. The molecule has 0 aromatic carbocycles. The van der Waals surface area contributed by atoms with Crippen LogP contribution in [-0.4, -0.2) is 49.1 Å². The Bertz CT molecular complexity index is 492. The molecule has 1 heterocycles. The Kier molecular flexibility index (Phi) is 8.64. The third-order valence-electron chi connectivity index (χ3n) is 2.77. The van der Waals surface area contributed by atoms with Crippen LogP contribution in [0.25, 0.3) is 0 Å². The van der Waals surface area contributed by atoms with Crippen molar-refractivity contribution in [2.24, 2.45) is 0 Å². The molecule has 0 unspecified atom stereocenters. The van der Waals surface area contributed by atoms with Gasteiger partial charge in [0, 0.05) is 40.2 Å². The first kappa shape index (κ1) is 18.5. The maximum absolute atomic E-state index is 11.8. The Balaban J connectivity index is 2.23. The lowest BCUT2D eigenvalue weighted by molar-refractivity contribution is -0.123. The molecule has 0 bridgehead atoms. The second-order valence-electron chi connectivity index (χ2n) is 4.57. The average molecular weight is 343 g/mol. The number of Topliss-reactive ketones (excluding diaryl/α,β-unsaturated/α-hetero) is 1.